The molecule has 0 aromatic heterocycles. The fraction of sp³-hybridized carbons (Fsp3) is 1.00. The van der Waals surface area contributed by atoms with Crippen LogP contribution in [0, 0.1) is 0 Å². The average molecular weight is 202 g/mol. The van der Waals surface area contributed by atoms with Gasteiger partial charge in [-0.3, -0.25) is 0 Å². The van der Waals surface area contributed by atoms with E-state index >= 15 is 0 Å². The molecular formula is C7H17Cl2NO. The molecule has 0 radical (unpaired) electrons. The SMILES string of the molecule is CC(C)O[C@@H]1CCNC1.Cl.Cl. The Hall–Kier alpha value is 0.500. The Bertz CT molecular complexity index is 84.5. The lowest BCUT2D eigenvalue weighted by Crippen LogP contribution is -2.20. The number of nitrogens with one attached hydrogen (secondary N) is 1. The summed E-state index contributed by atoms with van der Waals surface area (Å²) in [6.07, 6.45) is 2.04. The molecule has 11 heavy (non-hydrogen) atoms. The number of hydrogen-bond acceptors (Lipinski definition) is 2. The van der Waals surface area contributed by atoms with Crippen LogP contribution in [0.5, 0.6) is 0 Å². The zero-order valence-electron chi connectivity index (χ0n) is 7.00. The summed E-state index contributed by atoms with van der Waals surface area (Å²) in [6.45, 7) is 6.33. The van der Waals surface area contributed by atoms with Crippen LogP contribution in [0.4, 0.5) is 0 Å². The molecule has 1 aliphatic heterocycles. The molecule has 0 bridgehead atoms. The quantitative estimate of drug-likeness (QED) is 0.734. The van der Waals surface area contributed by atoms with E-state index in [1.165, 1.54) is 6.42 Å². The largest absolute Gasteiger partial charge is 0.374 e. The minimum atomic E-state index is 0. The van der Waals surface area contributed by atoms with Gasteiger partial charge < -0.3 is 10.1 Å². The predicted octanol–water partition coefficient (Wildman–Crippen LogP) is 1.62. The minimum Gasteiger partial charge on any atom is -0.374 e. The van der Waals surface area contributed by atoms with Crippen molar-refractivity contribution in [1.29, 1.82) is 0 Å². The molecule has 4 heteroatoms. The molecule has 1 N–H and O–H groups in total. The van der Waals surface area contributed by atoms with Crippen LogP contribution in [0.1, 0.15) is 20.3 Å². The summed E-state index contributed by atoms with van der Waals surface area (Å²) in [5.74, 6) is 0. The van der Waals surface area contributed by atoms with Gasteiger partial charge in [-0.1, -0.05) is 0 Å². The van der Waals surface area contributed by atoms with Crippen LogP contribution < -0.4 is 5.32 Å². The van der Waals surface area contributed by atoms with E-state index in [1.807, 2.05) is 0 Å². The molecule has 0 aromatic rings. The Morgan fingerprint density at radius 1 is 1.36 bits per heavy atom. The van der Waals surface area contributed by atoms with E-state index in [1.54, 1.807) is 0 Å². The zero-order valence-corrected chi connectivity index (χ0v) is 8.63. The van der Waals surface area contributed by atoms with E-state index in [4.69, 9.17) is 4.74 Å². The van der Waals surface area contributed by atoms with Crippen LogP contribution in [0.3, 0.4) is 0 Å². The number of rotatable bonds is 2. The normalized spacial score (nSPS) is 22.6. The number of ether oxygens (including phenoxy) is 1. The first kappa shape index (κ1) is 14.0. The van der Waals surface area contributed by atoms with Gasteiger partial charge >= 0.3 is 0 Å². The molecule has 0 aromatic carbocycles. The Morgan fingerprint density at radius 2 is 2.00 bits per heavy atom. The highest BCUT2D eigenvalue weighted by molar-refractivity contribution is 5.85. The Morgan fingerprint density at radius 3 is 2.36 bits per heavy atom. The lowest BCUT2D eigenvalue weighted by Gasteiger charge is -2.12. The van der Waals surface area contributed by atoms with E-state index in [0.717, 1.165) is 13.1 Å². The third kappa shape index (κ3) is 5.74. The highest BCUT2D eigenvalue weighted by atomic mass is 35.5. The van der Waals surface area contributed by atoms with Crippen molar-refractivity contribution in [3.05, 3.63) is 0 Å². The molecule has 0 amide bonds. The summed E-state index contributed by atoms with van der Waals surface area (Å²) in [4.78, 5) is 0. The second-order valence-corrected chi connectivity index (χ2v) is 2.80. The van der Waals surface area contributed by atoms with E-state index in [0.29, 0.717) is 12.2 Å². The number of halogens is 2. The van der Waals surface area contributed by atoms with Gasteiger partial charge in [0.05, 0.1) is 12.2 Å². The van der Waals surface area contributed by atoms with Gasteiger partial charge in [0.2, 0.25) is 0 Å². The van der Waals surface area contributed by atoms with Crippen LogP contribution in [0.15, 0.2) is 0 Å². The summed E-state index contributed by atoms with van der Waals surface area (Å²) in [7, 11) is 0. The topological polar surface area (TPSA) is 21.3 Å². The van der Waals surface area contributed by atoms with E-state index in [2.05, 4.69) is 19.2 Å². The first-order valence-corrected chi connectivity index (χ1v) is 3.65. The molecule has 1 rings (SSSR count). The second kappa shape index (κ2) is 7.17. The van der Waals surface area contributed by atoms with Crippen molar-refractivity contribution in [3.63, 3.8) is 0 Å². The third-order valence-electron chi connectivity index (χ3n) is 1.48. The van der Waals surface area contributed by atoms with E-state index < -0.39 is 0 Å². The molecule has 1 aliphatic rings. The van der Waals surface area contributed by atoms with Crippen molar-refractivity contribution in [1.82, 2.24) is 5.32 Å². The minimum absolute atomic E-state index is 0. The fourth-order valence-electron chi connectivity index (χ4n) is 1.13. The zero-order chi connectivity index (χ0) is 6.69. The molecule has 1 atom stereocenters. The van der Waals surface area contributed by atoms with Crippen molar-refractivity contribution in [2.24, 2.45) is 0 Å². The van der Waals surface area contributed by atoms with Gasteiger partial charge in [-0.25, -0.2) is 0 Å². The molecule has 1 heterocycles. The van der Waals surface area contributed by atoms with Gasteiger partial charge in [-0.05, 0) is 26.8 Å². The first-order chi connectivity index (χ1) is 4.29. The number of hydrogen-bond donors (Lipinski definition) is 1. The molecule has 70 valence electrons. The fourth-order valence-corrected chi connectivity index (χ4v) is 1.13. The Labute approximate surface area is 80.9 Å². The summed E-state index contributed by atoms with van der Waals surface area (Å²) < 4.78 is 5.55. The van der Waals surface area contributed by atoms with Gasteiger partial charge in [-0.2, -0.15) is 0 Å². The Kier molecular flexibility index (Phi) is 9.15. The third-order valence-corrected chi connectivity index (χ3v) is 1.48. The molecule has 0 saturated carbocycles. The van der Waals surface area contributed by atoms with Crippen LogP contribution >= 0.6 is 24.8 Å². The van der Waals surface area contributed by atoms with Crippen molar-refractivity contribution >= 4 is 24.8 Å². The maximum absolute atomic E-state index is 5.55. The summed E-state index contributed by atoms with van der Waals surface area (Å²) in [5.41, 5.74) is 0. The highest BCUT2D eigenvalue weighted by Gasteiger charge is 2.15. The predicted molar refractivity (Wildman–Crippen MR) is 52.0 cm³/mol. The van der Waals surface area contributed by atoms with Crippen LogP contribution in [-0.4, -0.2) is 25.3 Å². The lowest BCUT2D eigenvalue weighted by atomic mass is 10.3. The van der Waals surface area contributed by atoms with Gasteiger partial charge in [0.15, 0.2) is 0 Å². The van der Waals surface area contributed by atoms with Crippen molar-refractivity contribution in [2.45, 2.75) is 32.5 Å². The van der Waals surface area contributed by atoms with E-state index in [-0.39, 0.29) is 24.8 Å². The molecule has 1 fully saturated rings. The van der Waals surface area contributed by atoms with Crippen molar-refractivity contribution in [2.75, 3.05) is 13.1 Å². The van der Waals surface area contributed by atoms with Gasteiger partial charge in [0.1, 0.15) is 0 Å². The Balaban J connectivity index is 0. The van der Waals surface area contributed by atoms with Crippen LogP contribution in [0.25, 0.3) is 0 Å². The average Bonchev–Trinajstić information content (AvgIpc) is 2.15. The molecule has 1 saturated heterocycles. The second-order valence-electron chi connectivity index (χ2n) is 2.80. The smallest absolute Gasteiger partial charge is 0.0715 e. The molecule has 0 aliphatic carbocycles. The molecule has 0 spiro atoms. The lowest BCUT2D eigenvalue weighted by molar-refractivity contribution is 0.0201. The molecule has 0 unspecified atom stereocenters. The van der Waals surface area contributed by atoms with Gasteiger partial charge in [0, 0.05) is 6.54 Å². The van der Waals surface area contributed by atoms with Gasteiger partial charge in [0.25, 0.3) is 0 Å². The standard InChI is InChI=1S/C7H15NO.2ClH/c1-6(2)9-7-3-4-8-5-7;;/h6-8H,3-5H2,1-2H3;2*1H/t7-;;/m1../s1. The first-order valence-electron chi connectivity index (χ1n) is 3.65. The summed E-state index contributed by atoms with van der Waals surface area (Å²) >= 11 is 0. The monoisotopic (exact) mass is 201 g/mol. The maximum Gasteiger partial charge on any atom is 0.0715 e. The van der Waals surface area contributed by atoms with E-state index in [9.17, 15) is 0 Å². The van der Waals surface area contributed by atoms with Crippen molar-refractivity contribution < 1.29 is 4.74 Å². The highest BCUT2D eigenvalue weighted by Crippen LogP contribution is 2.05. The van der Waals surface area contributed by atoms with Crippen molar-refractivity contribution in [3.8, 4) is 0 Å². The molecule has 2 nitrogen and oxygen atoms in total. The summed E-state index contributed by atoms with van der Waals surface area (Å²) in [5, 5.41) is 3.25. The maximum atomic E-state index is 5.55. The molecular weight excluding hydrogens is 185 g/mol. The van der Waals surface area contributed by atoms with Crippen LogP contribution in [-0.2, 0) is 4.74 Å². The van der Waals surface area contributed by atoms with Crippen LogP contribution in [0.2, 0.25) is 0 Å². The summed E-state index contributed by atoms with van der Waals surface area (Å²) in [6, 6.07) is 0. The van der Waals surface area contributed by atoms with Gasteiger partial charge in [-0.15, -0.1) is 24.8 Å².